The van der Waals surface area contributed by atoms with Gasteiger partial charge in [-0.25, -0.2) is 4.98 Å². The fourth-order valence-corrected chi connectivity index (χ4v) is 6.37. The minimum atomic E-state index is -1.04. The molecule has 10 heteroatoms. The van der Waals surface area contributed by atoms with E-state index in [4.69, 9.17) is 14.5 Å². The molecule has 39 heavy (non-hydrogen) atoms. The highest BCUT2D eigenvalue weighted by atomic mass is 79.9. The number of carbonyl (C=O) groups is 2. The number of anilines is 1. The number of amides is 1. The number of aromatic nitrogens is 1. The molecule has 0 spiro atoms. The number of phenols is 1. The van der Waals surface area contributed by atoms with E-state index in [9.17, 15) is 19.8 Å². The smallest absolute Gasteiger partial charge is 0.301 e. The Bertz CT molecular complexity index is 1660. The highest BCUT2D eigenvalue weighted by molar-refractivity contribution is 9.10. The summed E-state index contributed by atoms with van der Waals surface area (Å²) < 4.78 is 12.0. The fourth-order valence-electron chi connectivity index (χ4n) is 4.75. The molecule has 0 radical (unpaired) electrons. The van der Waals surface area contributed by atoms with Gasteiger partial charge in [0, 0.05) is 5.56 Å². The zero-order valence-corrected chi connectivity index (χ0v) is 24.0. The van der Waals surface area contributed by atoms with Crippen molar-refractivity contribution in [1.82, 2.24) is 4.98 Å². The van der Waals surface area contributed by atoms with Crippen LogP contribution in [0.3, 0.4) is 0 Å². The van der Waals surface area contributed by atoms with Crippen LogP contribution in [0, 0.1) is 13.8 Å². The fraction of sp³-hybridized carbons (Fsp3) is 0.207. The normalized spacial score (nSPS) is 16.7. The van der Waals surface area contributed by atoms with Crippen LogP contribution >= 0.6 is 27.3 Å². The Morgan fingerprint density at radius 1 is 1.13 bits per heavy atom. The lowest BCUT2D eigenvalue weighted by Crippen LogP contribution is -2.29. The van der Waals surface area contributed by atoms with Crippen LogP contribution in [0.1, 0.15) is 35.2 Å². The van der Waals surface area contributed by atoms with Crippen molar-refractivity contribution in [2.75, 3.05) is 18.6 Å². The molecule has 200 valence electrons. The van der Waals surface area contributed by atoms with E-state index in [2.05, 4.69) is 15.9 Å². The van der Waals surface area contributed by atoms with Crippen molar-refractivity contribution >= 4 is 60.1 Å². The number of thiazole rings is 1. The lowest BCUT2D eigenvalue weighted by Gasteiger charge is -2.24. The number of aliphatic hydroxyl groups excluding tert-OH is 1. The maximum absolute atomic E-state index is 13.6. The zero-order chi connectivity index (χ0) is 28.0. The van der Waals surface area contributed by atoms with Gasteiger partial charge in [-0.15, -0.1) is 0 Å². The molecule has 1 saturated heterocycles. The topological polar surface area (TPSA) is 109 Å². The van der Waals surface area contributed by atoms with E-state index in [1.165, 1.54) is 29.4 Å². The van der Waals surface area contributed by atoms with Crippen LogP contribution in [0.4, 0.5) is 5.13 Å². The van der Waals surface area contributed by atoms with Crippen LogP contribution in [0.5, 0.6) is 17.2 Å². The SMILES string of the molecule is CCOc1ccc(C(O)=C2C(=O)C(=O)N(c3nc4c(C)cc(C)cc4s3)C2c2cc(Br)c(O)c(OC)c2)cc1. The zero-order valence-electron chi connectivity index (χ0n) is 21.6. The summed E-state index contributed by atoms with van der Waals surface area (Å²) in [6, 6.07) is 12.7. The number of ether oxygens (including phenoxy) is 2. The molecule has 8 nitrogen and oxygen atoms in total. The van der Waals surface area contributed by atoms with Crippen molar-refractivity contribution in [1.29, 1.82) is 0 Å². The number of methoxy groups -OCH3 is 1. The minimum Gasteiger partial charge on any atom is -0.507 e. The third kappa shape index (κ3) is 4.63. The van der Waals surface area contributed by atoms with Crippen LogP contribution in [0.2, 0.25) is 0 Å². The number of Topliss-reactive ketones (excluding diaryl/α,β-unsaturated/α-hetero) is 1. The summed E-state index contributed by atoms with van der Waals surface area (Å²) in [5.74, 6) is -1.37. The van der Waals surface area contributed by atoms with Gasteiger partial charge in [-0.2, -0.15) is 0 Å². The van der Waals surface area contributed by atoms with Gasteiger partial charge in [-0.05, 0) is 95.9 Å². The number of rotatable bonds is 6. The highest BCUT2D eigenvalue weighted by Crippen LogP contribution is 2.47. The van der Waals surface area contributed by atoms with E-state index < -0.39 is 17.7 Å². The molecule has 1 atom stereocenters. The second-order valence-electron chi connectivity index (χ2n) is 9.11. The Balaban J connectivity index is 1.75. The van der Waals surface area contributed by atoms with Crippen molar-refractivity contribution in [3.8, 4) is 17.2 Å². The van der Waals surface area contributed by atoms with Gasteiger partial charge in [-0.3, -0.25) is 14.5 Å². The molecule has 5 rings (SSSR count). The molecular formula is C29H25BrN2O6S. The minimum absolute atomic E-state index is 0.101. The molecule has 3 aromatic carbocycles. The first-order valence-electron chi connectivity index (χ1n) is 12.1. The molecule has 1 fully saturated rings. The van der Waals surface area contributed by atoms with Gasteiger partial charge in [0.15, 0.2) is 16.6 Å². The lowest BCUT2D eigenvalue weighted by atomic mass is 9.95. The molecule has 0 saturated carbocycles. The van der Waals surface area contributed by atoms with Crippen molar-refractivity contribution in [2.24, 2.45) is 0 Å². The number of phenolic OH excluding ortho intramolecular Hbond substituents is 1. The monoisotopic (exact) mass is 608 g/mol. The lowest BCUT2D eigenvalue weighted by molar-refractivity contribution is -0.132. The van der Waals surface area contributed by atoms with E-state index in [1.54, 1.807) is 30.3 Å². The molecule has 1 aromatic heterocycles. The number of nitrogens with zero attached hydrogens (tertiary/aromatic N) is 2. The van der Waals surface area contributed by atoms with Crippen molar-refractivity contribution in [3.05, 3.63) is 80.8 Å². The number of aryl methyl sites for hydroxylation is 2. The molecule has 1 aliphatic heterocycles. The second-order valence-corrected chi connectivity index (χ2v) is 11.0. The van der Waals surface area contributed by atoms with Gasteiger partial charge in [0.2, 0.25) is 0 Å². The molecule has 0 aliphatic carbocycles. The summed E-state index contributed by atoms with van der Waals surface area (Å²) in [6.45, 7) is 6.27. The van der Waals surface area contributed by atoms with Crippen molar-refractivity contribution in [3.63, 3.8) is 0 Å². The average Bonchev–Trinajstić information content (AvgIpc) is 3.44. The summed E-state index contributed by atoms with van der Waals surface area (Å²) in [5, 5.41) is 22.2. The number of halogens is 1. The van der Waals surface area contributed by atoms with Crippen molar-refractivity contribution < 1.29 is 29.3 Å². The molecular weight excluding hydrogens is 584 g/mol. The van der Waals surface area contributed by atoms with Gasteiger partial charge >= 0.3 is 5.91 Å². The summed E-state index contributed by atoms with van der Waals surface area (Å²) in [4.78, 5) is 33.2. The number of hydrogen-bond acceptors (Lipinski definition) is 8. The molecule has 4 aromatic rings. The van der Waals surface area contributed by atoms with Crippen LogP contribution in [-0.4, -0.2) is 40.6 Å². The third-order valence-corrected chi connectivity index (χ3v) is 8.10. The van der Waals surface area contributed by atoms with E-state index >= 15 is 0 Å². The maximum Gasteiger partial charge on any atom is 0.301 e. The van der Waals surface area contributed by atoms with E-state index in [0.29, 0.717) is 33.1 Å². The van der Waals surface area contributed by atoms with Gasteiger partial charge in [0.25, 0.3) is 5.78 Å². The Morgan fingerprint density at radius 3 is 2.51 bits per heavy atom. The standard InChI is InChI=1S/C29H25BrN2O6S/c1-5-38-18-8-6-16(7-9-18)25(33)22-24(17-12-19(30)26(34)20(13-17)37-4)32(28(36)27(22)35)29-31-23-15(3)10-14(2)11-21(23)39-29/h6-13,24,33-34H,5H2,1-4H3. The number of benzene rings is 3. The van der Waals surface area contributed by atoms with Gasteiger partial charge in [0.05, 0.1) is 40.0 Å². The Kier molecular flexibility index (Phi) is 7.09. The molecule has 1 amide bonds. The van der Waals surface area contributed by atoms with E-state index in [1.807, 2.05) is 32.9 Å². The van der Waals surface area contributed by atoms with E-state index in [-0.39, 0.29) is 22.8 Å². The first-order valence-corrected chi connectivity index (χ1v) is 13.7. The van der Waals surface area contributed by atoms with Crippen LogP contribution in [0.25, 0.3) is 16.0 Å². The Morgan fingerprint density at radius 2 is 1.85 bits per heavy atom. The predicted octanol–water partition coefficient (Wildman–Crippen LogP) is 6.41. The maximum atomic E-state index is 13.6. The highest BCUT2D eigenvalue weighted by Gasteiger charge is 2.48. The van der Waals surface area contributed by atoms with Gasteiger partial charge < -0.3 is 19.7 Å². The molecule has 0 bridgehead atoms. The molecule has 1 aliphatic rings. The van der Waals surface area contributed by atoms with Crippen LogP contribution < -0.4 is 14.4 Å². The van der Waals surface area contributed by atoms with Crippen LogP contribution in [0.15, 0.2) is 58.6 Å². The molecule has 2 N–H and O–H groups in total. The summed E-state index contributed by atoms with van der Waals surface area (Å²) in [7, 11) is 1.40. The summed E-state index contributed by atoms with van der Waals surface area (Å²) >= 11 is 4.63. The number of fused-ring (bicyclic) bond motifs is 1. The second kappa shape index (κ2) is 10.3. The Labute approximate surface area is 237 Å². The molecule has 2 heterocycles. The van der Waals surface area contributed by atoms with Crippen molar-refractivity contribution in [2.45, 2.75) is 26.8 Å². The average molecular weight is 609 g/mol. The molecule has 1 unspecified atom stereocenters. The van der Waals surface area contributed by atoms with Gasteiger partial charge in [0.1, 0.15) is 11.5 Å². The predicted molar refractivity (Wildman–Crippen MR) is 154 cm³/mol. The number of ketones is 1. The first-order chi connectivity index (χ1) is 18.6. The van der Waals surface area contributed by atoms with E-state index in [0.717, 1.165) is 21.3 Å². The number of carbonyl (C=O) groups excluding carboxylic acids is 2. The Hall–Kier alpha value is -3.89. The third-order valence-electron chi connectivity index (χ3n) is 6.49. The van der Waals surface area contributed by atoms with Crippen LogP contribution in [-0.2, 0) is 9.59 Å². The quantitative estimate of drug-likeness (QED) is 0.148. The number of aliphatic hydroxyl groups is 1. The summed E-state index contributed by atoms with van der Waals surface area (Å²) in [5.41, 5.74) is 3.42. The van der Waals surface area contributed by atoms with Gasteiger partial charge in [-0.1, -0.05) is 17.4 Å². The summed E-state index contributed by atoms with van der Waals surface area (Å²) in [6.07, 6.45) is 0. The first kappa shape index (κ1) is 26.7. The number of hydrogen-bond donors (Lipinski definition) is 2. The number of aromatic hydroxyl groups is 1. The largest absolute Gasteiger partial charge is 0.507 e.